The summed E-state index contributed by atoms with van der Waals surface area (Å²) in [6.45, 7) is 2.64. The van der Waals surface area contributed by atoms with Crippen LogP contribution in [0.3, 0.4) is 0 Å². The van der Waals surface area contributed by atoms with Gasteiger partial charge in [-0.15, -0.1) is 0 Å². The molecule has 1 heterocycles. The highest BCUT2D eigenvalue weighted by Crippen LogP contribution is 2.30. The Morgan fingerprint density at radius 2 is 2.12 bits per heavy atom. The normalized spacial score (nSPS) is 24.6. The summed E-state index contributed by atoms with van der Waals surface area (Å²) >= 11 is 4.54. The van der Waals surface area contributed by atoms with Gasteiger partial charge >= 0.3 is 6.18 Å². The Morgan fingerprint density at radius 3 is 2.59 bits per heavy atom. The summed E-state index contributed by atoms with van der Waals surface area (Å²) in [5, 5.41) is 0. The van der Waals surface area contributed by atoms with E-state index in [1.54, 1.807) is 0 Å². The second-order valence-electron chi connectivity index (χ2n) is 4.55. The van der Waals surface area contributed by atoms with E-state index >= 15 is 0 Å². The van der Waals surface area contributed by atoms with Gasteiger partial charge in [0.1, 0.15) is 5.92 Å². The number of nitrogens with zero attached hydrogens (tertiary/aromatic N) is 1. The summed E-state index contributed by atoms with van der Waals surface area (Å²) in [5.41, 5.74) is 5.21. The third-order valence-corrected chi connectivity index (χ3v) is 3.66. The fourth-order valence-corrected chi connectivity index (χ4v) is 2.56. The number of rotatable bonds is 4. The van der Waals surface area contributed by atoms with E-state index in [1.165, 1.54) is 0 Å². The lowest BCUT2D eigenvalue weighted by Gasteiger charge is -2.37. The summed E-state index contributed by atoms with van der Waals surface area (Å²) in [4.78, 5) is 1.44. The summed E-state index contributed by atoms with van der Waals surface area (Å²) in [6, 6.07) is 0.239. The second kappa shape index (κ2) is 6.00. The summed E-state index contributed by atoms with van der Waals surface area (Å²) < 4.78 is 38.3. The van der Waals surface area contributed by atoms with Crippen molar-refractivity contribution in [2.24, 2.45) is 11.7 Å². The van der Waals surface area contributed by atoms with Crippen LogP contribution in [0.4, 0.5) is 13.2 Å². The molecule has 0 aromatic carbocycles. The van der Waals surface area contributed by atoms with E-state index in [2.05, 4.69) is 12.2 Å². The molecule has 6 heteroatoms. The maximum Gasteiger partial charge on any atom is 0.399 e. The second-order valence-corrected chi connectivity index (χ2v) is 5.02. The first-order chi connectivity index (χ1) is 7.86. The summed E-state index contributed by atoms with van der Waals surface area (Å²) in [6.07, 6.45) is -0.431. The van der Waals surface area contributed by atoms with Crippen molar-refractivity contribution in [2.45, 2.75) is 44.8 Å². The minimum Gasteiger partial charge on any atom is -0.393 e. The van der Waals surface area contributed by atoms with E-state index in [1.807, 2.05) is 11.8 Å². The third-order valence-electron chi connectivity index (χ3n) is 3.38. The Morgan fingerprint density at radius 1 is 1.47 bits per heavy atom. The predicted octanol–water partition coefficient (Wildman–Crippen LogP) is 2.72. The molecule has 100 valence electrons. The smallest absolute Gasteiger partial charge is 0.393 e. The molecule has 2 N–H and O–H groups in total. The van der Waals surface area contributed by atoms with Gasteiger partial charge in [-0.1, -0.05) is 25.6 Å². The van der Waals surface area contributed by atoms with Crippen molar-refractivity contribution in [3.8, 4) is 0 Å². The molecule has 0 aromatic rings. The molecule has 1 aliphatic rings. The summed E-state index contributed by atoms with van der Waals surface area (Å²) in [5.74, 6) is -1.68. The van der Waals surface area contributed by atoms with Crippen molar-refractivity contribution in [2.75, 3.05) is 13.1 Å². The van der Waals surface area contributed by atoms with Gasteiger partial charge in [-0.3, -0.25) is 4.90 Å². The van der Waals surface area contributed by atoms with Crippen molar-refractivity contribution in [1.82, 2.24) is 4.90 Å². The number of halogens is 3. The number of hydrogen-bond acceptors (Lipinski definition) is 2. The van der Waals surface area contributed by atoms with E-state index in [0.717, 1.165) is 25.7 Å². The molecule has 0 saturated carbocycles. The average Bonchev–Trinajstić information content (AvgIpc) is 2.24. The molecule has 2 atom stereocenters. The lowest BCUT2D eigenvalue weighted by atomic mass is 9.97. The highest BCUT2D eigenvalue weighted by Gasteiger charge is 2.43. The number of likely N-dealkylation sites (tertiary alicyclic amines) is 1. The highest BCUT2D eigenvalue weighted by atomic mass is 32.1. The van der Waals surface area contributed by atoms with Crippen LogP contribution >= 0.6 is 12.2 Å². The van der Waals surface area contributed by atoms with Crippen LogP contribution in [0, 0.1) is 5.92 Å². The minimum atomic E-state index is -4.33. The molecule has 2 unspecified atom stereocenters. The van der Waals surface area contributed by atoms with Gasteiger partial charge in [0.05, 0.1) is 4.99 Å². The zero-order valence-corrected chi connectivity index (χ0v) is 10.8. The topological polar surface area (TPSA) is 29.3 Å². The van der Waals surface area contributed by atoms with Gasteiger partial charge in [-0.05, 0) is 25.8 Å². The molecule has 2 nitrogen and oxygen atoms in total. The standard InChI is InChI=1S/C11H19F3N2S/c1-2-8-5-3-4-6-16(8)7-9(10(15)17)11(12,13)14/h8-9H,2-7H2,1H3,(H2,15,17). The van der Waals surface area contributed by atoms with Crippen LogP contribution in [0.25, 0.3) is 0 Å². The molecule has 17 heavy (non-hydrogen) atoms. The van der Waals surface area contributed by atoms with Crippen molar-refractivity contribution in [1.29, 1.82) is 0 Å². The minimum absolute atomic E-state index is 0.0860. The van der Waals surface area contributed by atoms with Gasteiger partial charge < -0.3 is 5.73 Å². The number of hydrogen-bond donors (Lipinski definition) is 1. The van der Waals surface area contributed by atoms with Gasteiger partial charge in [0.15, 0.2) is 0 Å². The lowest BCUT2D eigenvalue weighted by Crippen LogP contribution is -2.48. The Labute approximate surface area is 105 Å². The molecule has 0 spiro atoms. The molecule has 0 amide bonds. The van der Waals surface area contributed by atoms with Crippen LogP contribution in [0.1, 0.15) is 32.6 Å². The first-order valence-electron chi connectivity index (χ1n) is 5.96. The first-order valence-corrected chi connectivity index (χ1v) is 6.37. The van der Waals surface area contributed by atoms with Crippen LogP contribution in [0.2, 0.25) is 0 Å². The number of alkyl halides is 3. The fraction of sp³-hybridized carbons (Fsp3) is 0.909. The predicted molar refractivity (Wildman–Crippen MR) is 65.8 cm³/mol. The molecule has 0 radical (unpaired) electrons. The Kier molecular flexibility index (Phi) is 5.19. The average molecular weight is 268 g/mol. The molecular weight excluding hydrogens is 249 g/mol. The Hall–Kier alpha value is -0.360. The highest BCUT2D eigenvalue weighted by molar-refractivity contribution is 7.80. The molecule has 0 bridgehead atoms. The number of nitrogens with two attached hydrogens (primary N) is 1. The van der Waals surface area contributed by atoms with Gasteiger partial charge in [-0.2, -0.15) is 13.2 Å². The van der Waals surface area contributed by atoms with E-state index in [-0.39, 0.29) is 12.6 Å². The number of thiocarbonyl (C=S) groups is 1. The monoisotopic (exact) mass is 268 g/mol. The van der Waals surface area contributed by atoms with E-state index < -0.39 is 17.1 Å². The molecule has 1 fully saturated rings. The lowest BCUT2D eigenvalue weighted by molar-refractivity contribution is -0.161. The van der Waals surface area contributed by atoms with Crippen LogP contribution < -0.4 is 5.73 Å². The van der Waals surface area contributed by atoms with Gasteiger partial charge in [-0.25, -0.2) is 0 Å². The molecule has 1 saturated heterocycles. The van der Waals surface area contributed by atoms with Crippen molar-refractivity contribution >= 4 is 17.2 Å². The third kappa shape index (κ3) is 4.10. The van der Waals surface area contributed by atoms with Gasteiger partial charge in [0.2, 0.25) is 0 Å². The van der Waals surface area contributed by atoms with Gasteiger partial charge in [0, 0.05) is 12.6 Å². The van der Waals surface area contributed by atoms with Crippen LogP contribution in [0.5, 0.6) is 0 Å². The largest absolute Gasteiger partial charge is 0.399 e. The van der Waals surface area contributed by atoms with Crippen molar-refractivity contribution in [3.63, 3.8) is 0 Å². The summed E-state index contributed by atoms with van der Waals surface area (Å²) in [7, 11) is 0. The number of piperidine rings is 1. The molecule has 1 rings (SSSR count). The van der Waals surface area contributed by atoms with Crippen molar-refractivity contribution < 1.29 is 13.2 Å². The van der Waals surface area contributed by atoms with Crippen LogP contribution in [-0.2, 0) is 0 Å². The van der Waals surface area contributed by atoms with Crippen LogP contribution in [-0.4, -0.2) is 35.2 Å². The van der Waals surface area contributed by atoms with Gasteiger partial charge in [0.25, 0.3) is 0 Å². The van der Waals surface area contributed by atoms with E-state index in [4.69, 9.17) is 5.73 Å². The van der Waals surface area contributed by atoms with Crippen LogP contribution in [0.15, 0.2) is 0 Å². The fourth-order valence-electron chi connectivity index (χ4n) is 2.35. The molecule has 0 aliphatic carbocycles. The Balaban J connectivity index is 2.68. The van der Waals surface area contributed by atoms with Crippen molar-refractivity contribution in [3.05, 3.63) is 0 Å². The zero-order chi connectivity index (χ0) is 13.1. The van der Waals surface area contributed by atoms with E-state index in [9.17, 15) is 13.2 Å². The molecule has 0 aromatic heterocycles. The molecular formula is C11H19F3N2S. The first kappa shape index (κ1) is 14.7. The Bertz CT molecular complexity index is 268. The maximum absolute atomic E-state index is 12.8. The van der Waals surface area contributed by atoms with E-state index in [0.29, 0.717) is 6.54 Å². The SMILES string of the molecule is CCC1CCCCN1CC(C(N)=S)C(F)(F)F. The molecule has 1 aliphatic heterocycles. The zero-order valence-electron chi connectivity index (χ0n) is 9.96. The quantitative estimate of drug-likeness (QED) is 0.795. The maximum atomic E-state index is 12.8.